The molecule has 0 bridgehead atoms. The summed E-state index contributed by atoms with van der Waals surface area (Å²) in [5, 5.41) is 1.03. The van der Waals surface area contributed by atoms with Crippen molar-refractivity contribution in [1.29, 1.82) is 0 Å². The first-order chi connectivity index (χ1) is 30.8. The zero-order chi connectivity index (χ0) is 47.8. The number of fused-ring (bicyclic) bond motifs is 5. The number of aromatic nitrogens is 4. The molecule has 0 saturated carbocycles. The van der Waals surface area contributed by atoms with Crippen molar-refractivity contribution in [1.82, 2.24) is 19.5 Å². The number of aryl methyl sites for hydroxylation is 1. The Morgan fingerprint density at radius 1 is 0.844 bits per heavy atom. The van der Waals surface area contributed by atoms with Crippen LogP contribution in [0.15, 0.2) is 95.5 Å². The summed E-state index contributed by atoms with van der Waals surface area (Å²) in [6.45, 7) is 19.6. The predicted octanol–water partition coefficient (Wildman–Crippen LogP) is 15.1. The third-order valence-corrected chi connectivity index (χ3v) is 14.4. The molecule has 0 N–H and O–H groups in total. The van der Waals surface area contributed by atoms with Crippen LogP contribution in [0.3, 0.4) is 0 Å². The van der Waals surface area contributed by atoms with E-state index in [9.17, 15) is 17.6 Å². The van der Waals surface area contributed by atoms with Crippen LogP contribution in [0, 0.1) is 24.8 Å². The summed E-state index contributed by atoms with van der Waals surface area (Å²) in [6, 6.07) is 31.5. The number of para-hydroxylation sites is 2. The van der Waals surface area contributed by atoms with E-state index in [1.54, 1.807) is 12.1 Å². The van der Waals surface area contributed by atoms with Gasteiger partial charge in [-0.15, -0.1) is 58.9 Å². The van der Waals surface area contributed by atoms with Crippen molar-refractivity contribution in [3.8, 4) is 28.3 Å². The number of thiazole rings is 1. The minimum atomic E-state index is -4.60. The molecule has 0 aliphatic heterocycles. The number of halogens is 4. The van der Waals surface area contributed by atoms with E-state index in [1.165, 1.54) is 35.0 Å². The van der Waals surface area contributed by atoms with E-state index in [0.717, 1.165) is 39.1 Å². The molecule has 64 heavy (non-hydrogen) atoms. The second-order valence-electron chi connectivity index (χ2n) is 18.6. The SMILES string of the molecule is C[Si](C)(C)c1ccc(-c2[c-]cc(F)cc2)nc1.[2H]C([2H])([2H])c1c[c-]c(-c2nc3ccccc3n2-c2c(C(C)C)cc(C(C)(C)C)cc2C(C)C)c2oc3cc4nc(C(F)(F)F)sc4cc3c12.[Ir]. The van der Waals surface area contributed by atoms with Crippen LogP contribution < -0.4 is 5.19 Å². The molecule has 0 spiro atoms. The van der Waals surface area contributed by atoms with Gasteiger partial charge in [0.2, 0.25) is 0 Å². The molecule has 0 unspecified atom stereocenters. The van der Waals surface area contributed by atoms with Gasteiger partial charge in [0.15, 0.2) is 5.01 Å². The topological polar surface area (TPSA) is 56.7 Å². The van der Waals surface area contributed by atoms with Gasteiger partial charge in [-0.1, -0.05) is 122 Å². The molecule has 0 saturated heterocycles. The average Bonchev–Trinajstić information content (AvgIpc) is 3.95. The van der Waals surface area contributed by atoms with Crippen LogP contribution in [-0.4, -0.2) is 27.6 Å². The Labute approximate surface area is 394 Å². The first-order valence-electron chi connectivity index (χ1n) is 22.4. The molecule has 9 aromatic rings. The van der Waals surface area contributed by atoms with Gasteiger partial charge in [-0.25, -0.2) is 4.98 Å². The van der Waals surface area contributed by atoms with Crippen molar-refractivity contribution >= 4 is 67.8 Å². The van der Waals surface area contributed by atoms with E-state index in [1.807, 2.05) is 36.5 Å². The van der Waals surface area contributed by atoms with Gasteiger partial charge in [0, 0.05) is 53.4 Å². The van der Waals surface area contributed by atoms with Crippen LogP contribution >= 0.6 is 11.3 Å². The van der Waals surface area contributed by atoms with Crippen molar-refractivity contribution in [2.75, 3.05) is 0 Å². The van der Waals surface area contributed by atoms with Gasteiger partial charge in [-0.2, -0.15) is 13.2 Å². The molecule has 4 heterocycles. The number of benzene rings is 5. The smallest absolute Gasteiger partial charge is 0.443 e. The van der Waals surface area contributed by atoms with Gasteiger partial charge in [0.05, 0.1) is 40.7 Å². The Kier molecular flexibility index (Phi) is 11.7. The number of hydrogen-bond acceptors (Lipinski definition) is 5. The first kappa shape index (κ1) is 42.9. The Hall–Kier alpha value is -5.00. The van der Waals surface area contributed by atoms with Crippen LogP contribution in [0.1, 0.15) is 91.7 Å². The maximum atomic E-state index is 13.6. The molecule has 0 aliphatic carbocycles. The molecular formula is C52H50F4IrN4OSSi-2. The Balaban J connectivity index is 0.000000312. The minimum Gasteiger partial charge on any atom is -0.500 e. The van der Waals surface area contributed by atoms with Crippen LogP contribution in [0.5, 0.6) is 0 Å². The molecule has 5 aromatic carbocycles. The van der Waals surface area contributed by atoms with Crippen molar-refractivity contribution in [3.05, 3.63) is 136 Å². The largest absolute Gasteiger partial charge is 0.500 e. The first-order valence-corrected chi connectivity index (χ1v) is 25.2. The predicted molar refractivity (Wildman–Crippen MR) is 254 cm³/mol. The number of pyridine rings is 1. The van der Waals surface area contributed by atoms with E-state index in [4.69, 9.17) is 13.5 Å². The summed E-state index contributed by atoms with van der Waals surface area (Å²) in [4.78, 5) is 13.4. The van der Waals surface area contributed by atoms with Crippen molar-refractivity contribution in [2.24, 2.45) is 0 Å². The molecule has 5 nitrogen and oxygen atoms in total. The maximum Gasteiger partial charge on any atom is 0.443 e. The van der Waals surface area contributed by atoms with Gasteiger partial charge in [0.25, 0.3) is 0 Å². The number of rotatable bonds is 6. The van der Waals surface area contributed by atoms with Gasteiger partial charge in [-0.3, -0.25) is 9.37 Å². The molecular weight excluding hydrogens is 1020 g/mol. The van der Waals surface area contributed by atoms with Crippen molar-refractivity contribution < 1.29 is 46.2 Å². The van der Waals surface area contributed by atoms with Crippen LogP contribution in [-0.2, 0) is 31.7 Å². The molecule has 333 valence electrons. The van der Waals surface area contributed by atoms with Crippen LogP contribution in [0.2, 0.25) is 19.6 Å². The van der Waals surface area contributed by atoms with E-state index < -0.39 is 26.1 Å². The Morgan fingerprint density at radius 3 is 2.12 bits per heavy atom. The molecule has 12 heteroatoms. The zero-order valence-electron chi connectivity index (χ0n) is 40.3. The van der Waals surface area contributed by atoms with Crippen molar-refractivity contribution in [3.63, 3.8) is 0 Å². The molecule has 0 amide bonds. The van der Waals surface area contributed by atoms with Gasteiger partial charge in [0.1, 0.15) is 5.58 Å². The second kappa shape index (κ2) is 17.4. The normalized spacial score (nSPS) is 13.3. The number of hydrogen-bond donors (Lipinski definition) is 0. The van der Waals surface area contributed by atoms with E-state index >= 15 is 0 Å². The number of furan rings is 1. The van der Waals surface area contributed by atoms with Gasteiger partial charge >= 0.3 is 6.18 Å². The number of alkyl halides is 3. The Bertz CT molecular complexity index is 3240. The Morgan fingerprint density at radius 2 is 1.55 bits per heavy atom. The molecule has 4 aromatic heterocycles. The summed E-state index contributed by atoms with van der Waals surface area (Å²) in [6.07, 6.45) is -2.68. The van der Waals surface area contributed by atoms with Crippen LogP contribution in [0.25, 0.3) is 71.5 Å². The van der Waals surface area contributed by atoms with E-state index in [-0.39, 0.29) is 70.1 Å². The third-order valence-electron chi connectivity index (χ3n) is 11.3. The molecule has 1 radical (unpaired) electrons. The fourth-order valence-electron chi connectivity index (χ4n) is 7.76. The van der Waals surface area contributed by atoms with E-state index in [2.05, 4.69) is 113 Å². The average molecular weight is 1080 g/mol. The molecule has 0 aliphatic rings. The third kappa shape index (κ3) is 8.99. The van der Waals surface area contributed by atoms with Gasteiger partial charge < -0.3 is 14.0 Å². The molecule has 9 rings (SSSR count). The summed E-state index contributed by atoms with van der Waals surface area (Å²) in [5.41, 5.74) is 8.76. The fraction of sp³-hybridized carbons (Fsp3) is 0.288. The monoisotopic (exact) mass is 1080 g/mol. The molecule has 0 atom stereocenters. The quantitative estimate of drug-likeness (QED) is 0.0946. The van der Waals surface area contributed by atoms with E-state index in [0.29, 0.717) is 33.5 Å². The number of nitrogens with zero attached hydrogens (tertiary/aromatic N) is 4. The van der Waals surface area contributed by atoms with Crippen molar-refractivity contribution in [2.45, 2.75) is 98.4 Å². The molecule has 0 fully saturated rings. The number of imidazole rings is 1. The summed E-state index contributed by atoms with van der Waals surface area (Å²) in [7, 11) is -1.30. The summed E-state index contributed by atoms with van der Waals surface area (Å²) in [5.74, 6) is 0.555. The summed E-state index contributed by atoms with van der Waals surface area (Å²) >= 11 is 0.516. The van der Waals surface area contributed by atoms with Crippen LogP contribution in [0.4, 0.5) is 17.6 Å². The minimum absolute atomic E-state index is 0. The summed E-state index contributed by atoms with van der Waals surface area (Å²) < 4.78 is 87.4. The van der Waals surface area contributed by atoms with Gasteiger partial charge in [-0.05, 0) is 63.0 Å². The zero-order valence-corrected chi connectivity index (χ0v) is 41.5. The fourth-order valence-corrected chi connectivity index (χ4v) is 9.65. The second-order valence-corrected chi connectivity index (χ2v) is 24.7. The standard InChI is InChI=1S/C38H35F3N3OS.C14H15FNSi.Ir/c1-19(2)24-15-22(37(6,7)8)16-25(20(3)4)33(24)44-29-12-10-9-11-27(29)42-35(44)23-14-13-21(5)32-26-17-31-28(18-30(26)45-34(23)32)43-36(46-31)38(39,40)41;1-17(2,3)13-8-9-14(16-10-13)11-4-6-12(15)7-5-11;/h9-13,15-20H,1-8H3;4,6-10H,1-3H3;/q2*-1;/i5D3;;. The maximum absolute atomic E-state index is 13.6.